The van der Waals surface area contributed by atoms with E-state index in [1.165, 1.54) is 35.7 Å². The Labute approximate surface area is 76.1 Å². The standard InChI is InChI=1S/C8H13N3S/c9-6-8(2-1-3-8)4-7-5-10-11-12-7/h5H,1-4,6,9H2. The molecule has 12 heavy (non-hydrogen) atoms. The highest BCUT2D eigenvalue weighted by molar-refractivity contribution is 7.05. The second-order valence-electron chi connectivity index (χ2n) is 3.62. The van der Waals surface area contributed by atoms with Crippen molar-refractivity contribution in [3.05, 3.63) is 11.1 Å². The molecule has 0 unspecified atom stereocenters. The van der Waals surface area contributed by atoms with Crippen molar-refractivity contribution >= 4 is 11.5 Å². The van der Waals surface area contributed by atoms with Gasteiger partial charge in [0, 0.05) is 4.88 Å². The Kier molecular flexibility index (Phi) is 2.11. The van der Waals surface area contributed by atoms with E-state index < -0.39 is 0 Å². The minimum atomic E-state index is 0.397. The van der Waals surface area contributed by atoms with Gasteiger partial charge in [0.05, 0.1) is 6.20 Å². The van der Waals surface area contributed by atoms with Gasteiger partial charge in [-0.1, -0.05) is 10.9 Å². The third kappa shape index (κ3) is 1.36. The summed E-state index contributed by atoms with van der Waals surface area (Å²) in [6.45, 7) is 0.810. The number of nitrogens with zero attached hydrogens (tertiary/aromatic N) is 2. The highest BCUT2D eigenvalue weighted by atomic mass is 32.1. The molecule has 1 aliphatic rings. The number of hydrogen-bond acceptors (Lipinski definition) is 4. The first-order valence-corrected chi connectivity index (χ1v) is 5.08. The van der Waals surface area contributed by atoms with Gasteiger partial charge >= 0.3 is 0 Å². The SMILES string of the molecule is NCC1(Cc2cnns2)CCC1. The van der Waals surface area contributed by atoms with Crippen LogP contribution < -0.4 is 5.73 Å². The Hall–Kier alpha value is -0.480. The van der Waals surface area contributed by atoms with Gasteiger partial charge in [-0.2, -0.15) is 0 Å². The van der Waals surface area contributed by atoms with Crippen LogP contribution in [0, 0.1) is 5.41 Å². The lowest BCUT2D eigenvalue weighted by atomic mass is 9.66. The minimum absolute atomic E-state index is 0.397. The molecule has 0 atom stereocenters. The Morgan fingerprint density at radius 2 is 2.42 bits per heavy atom. The summed E-state index contributed by atoms with van der Waals surface area (Å²) >= 11 is 1.50. The molecule has 2 rings (SSSR count). The molecule has 0 radical (unpaired) electrons. The second-order valence-corrected chi connectivity index (χ2v) is 4.49. The number of rotatable bonds is 3. The van der Waals surface area contributed by atoms with E-state index in [9.17, 15) is 0 Å². The van der Waals surface area contributed by atoms with Crippen LogP contribution in [0.5, 0.6) is 0 Å². The second kappa shape index (κ2) is 3.11. The van der Waals surface area contributed by atoms with E-state index >= 15 is 0 Å². The molecule has 3 nitrogen and oxygen atoms in total. The van der Waals surface area contributed by atoms with Gasteiger partial charge in [-0.05, 0) is 42.8 Å². The van der Waals surface area contributed by atoms with E-state index in [4.69, 9.17) is 5.73 Å². The van der Waals surface area contributed by atoms with Gasteiger partial charge in [0.15, 0.2) is 0 Å². The van der Waals surface area contributed by atoms with Crippen LogP contribution in [0.15, 0.2) is 6.20 Å². The molecule has 1 aromatic rings. The van der Waals surface area contributed by atoms with Crippen molar-refractivity contribution in [3.63, 3.8) is 0 Å². The maximum Gasteiger partial charge on any atom is 0.0653 e. The summed E-state index contributed by atoms with van der Waals surface area (Å²) in [5, 5.41) is 3.83. The van der Waals surface area contributed by atoms with Gasteiger partial charge in [0.1, 0.15) is 0 Å². The van der Waals surface area contributed by atoms with Gasteiger partial charge in [0.2, 0.25) is 0 Å². The van der Waals surface area contributed by atoms with Crippen LogP contribution in [-0.2, 0) is 6.42 Å². The fourth-order valence-corrected chi connectivity index (χ4v) is 2.43. The van der Waals surface area contributed by atoms with E-state index in [0.717, 1.165) is 13.0 Å². The van der Waals surface area contributed by atoms with Crippen molar-refractivity contribution < 1.29 is 0 Å². The fourth-order valence-electron chi connectivity index (χ4n) is 1.76. The average Bonchev–Trinajstić information content (AvgIpc) is 2.49. The highest BCUT2D eigenvalue weighted by Crippen LogP contribution is 2.42. The van der Waals surface area contributed by atoms with Crippen LogP contribution in [0.2, 0.25) is 0 Å². The normalized spacial score (nSPS) is 20.4. The largest absolute Gasteiger partial charge is 0.330 e. The molecule has 1 aromatic heterocycles. The summed E-state index contributed by atoms with van der Waals surface area (Å²) in [5.74, 6) is 0. The molecule has 4 heteroatoms. The summed E-state index contributed by atoms with van der Waals surface area (Å²) in [6, 6.07) is 0. The summed E-state index contributed by atoms with van der Waals surface area (Å²) in [5.41, 5.74) is 6.15. The van der Waals surface area contributed by atoms with E-state index in [0.29, 0.717) is 5.41 Å². The third-order valence-corrected chi connectivity index (χ3v) is 3.46. The van der Waals surface area contributed by atoms with Crippen molar-refractivity contribution in [1.82, 2.24) is 9.59 Å². The Morgan fingerprint density at radius 1 is 1.58 bits per heavy atom. The smallest absolute Gasteiger partial charge is 0.0653 e. The maximum atomic E-state index is 5.75. The monoisotopic (exact) mass is 183 g/mol. The molecular formula is C8H13N3S. The molecule has 0 amide bonds. The molecule has 2 N–H and O–H groups in total. The predicted octanol–water partition coefficient (Wildman–Crippen LogP) is 1.21. The van der Waals surface area contributed by atoms with Crippen molar-refractivity contribution in [1.29, 1.82) is 0 Å². The molecular weight excluding hydrogens is 170 g/mol. The van der Waals surface area contributed by atoms with Gasteiger partial charge in [0.25, 0.3) is 0 Å². The molecule has 0 spiro atoms. The third-order valence-electron chi connectivity index (χ3n) is 2.80. The minimum Gasteiger partial charge on any atom is -0.330 e. The maximum absolute atomic E-state index is 5.75. The quantitative estimate of drug-likeness (QED) is 0.766. The average molecular weight is 183 g/mol. The first-order chi connectivity index (χ1) is 5.85. The van der Waals surface area contributed by atoms with Crippen molar-refractivity contribution in [2.45, 2.75) is 25.7 Å². The van der Waals surface area contributed by atoms with Gasteiger partial charge in [-0.3, -0.25) is 0 Å². The number of hydrogen-bond donors (Lipinski definition) is 1. The molecule has 1 heterocycles. The first kappa shape index (κ1) is 8.13. The lowest BCUT2D eigenvalue weighted by Crippen LogP contribution is -2.38. The highest BCUT2D eigenvalue weighted by Gasteiger charge is 2.35. The summed E-state index contributed by atoms with van der Waals surface area (Å²) in [4.78, 5) is 1.28. The van der Waals surface area contributed by atoms with Crippen LogP contribution in [0.4, 0.5) is 0 Å². The van der Waals surface area contributed by atoms with E-state index in [-0.39, 0.29) is 0 Å². The van der Waals surface area contributed by atoms with Crippen molar-refractivity contribution in [3.8, 4) is 0 Å². The van der Waals surface area contributed by atoms with Crippen LogP contribution in [-0.4, -0.2) is 16.1 Å². The van der Waals surface area contributed by atoms with Gasteiger partial charge in [-0.15, -0.1) is 5.10 Å². The van der Waals surface area contributed by atoms with Crippen LogP contribution in [0.25, 0.3) is 0 Å². The summed E-state index contributed by atoms with van der Waals surface area (Å²) in [7, 11) is 0. The van der Waals surface area contributed by atoms with Gasteiger partial charge in [-0.25, -0.2) is 0 Å². The topological polar surface area (TPSA) is 51.8 Å². The number of aromatic nitrogens is 2. The molecule has 0 aromatic carbocycles. The van der Waals surface area contributed by atoms with Crippen molar-refractivity contribution in [2.75, 3.05) is 6.54 Å². The zero-order chi connectivity index (χ0) is 8.44. The number of nitrogens with two attached hydrogens (primary N) is 1. The molecule has 66 valence electrons. The van der Waals surface area contributed by atoms with Crippen LogP contribution >= 0.6 is 11.5 Å². The molecule has 0 aliphatic heterocycles. The zero-order valence-electron chi connectivity index (χ0n) is 6.99. The summed E-state index contributed by atoms with van der Waals surface area (Å²) < 4.78 is 3.85. The van der Waals surface area contributed by atoms with E-state index in [1.54, 1.807) is 0 Å². The van der Waals surface area contributed by atoms with E-state index in [1.807, 2.05) is 6.20 Å². The molecule has 0 bridgehead atoms. The Bertz CT molecular complexity index is 235. The molecule has 1 saturated carbocycles. The molecule has 0 saturated heterocycles. The first-order valence-electron chi connectivity index (χ1n) is 4.31. The molecule has 1 fully saturated rings. The lowest BCUT2D eigenvalue weighted by Gasteiger charge is -2.40. The van der Waals surface area contributed by atoms with Gasteiger partial charge < -0.3 is 5.73 Å². The fraction of sp³-hybridized carbons (Fsp3) is 0.750. The lowest BCUT2D eigenvalue weighted by molar-refractivity contribution is 0.146. The Balaban J connectivity index is 2.01. The van der Waals surface area contributed by atoms with Crippen LogP contribution in [0.3, 0.4) is 0 Å². The summed E-state index contributed by atoms with van der Waals surface area (Å²) in [6.07, 6.45) is 6.84. The van der Waals surface area contributed by atoms with Crippen molar-refractivity contribution in [2.24, 2.45) is 11.1 Å². The zero-order valence-corrected chi connectivity index (χ0v) is 7.81. The predicted molar refractivity (Wildman–Crippen MR) is 49.0 cm³/mol. The Morgan fingerprint density at radius 3 is 2.83 bits per heavy atom. The molecule has 1 aliphatic carbocycles. The van der Waals surface area contributed by atoms with Crippen LogP contribution in [0.1, 0.15) is 24.1 Å². The van der Waals surface area contributed by atoms with E-state index in [2.05, 4.69) is 9.59 Å².